The van der Waals surface area contributed by atoms with Crippen LogP contribution >= 0.6 is 0 Å². The molecule has 29 heavy (non-hydrogen) atoms. The number of imidazole rings is 1. The predicted molar refractivity (Wildman–Crippen MR) is 103 cm³/mol. The molecule has 0 spiro atoms. The highest BCUT2D eigenvalue weighted by molar-refractivity contribution is 5.83. The number of aromatic amines is 1. The Balaban J connectivity index is 1.71. The summed E-state index contributed by atoms with van der Waals surface area (Å²) >= 11 is 0. The zero-order chi connectivity index (χ0) is 21.0. The van der Waals surface area contributed by atoms with Crippen molar-refractivity contribution in [1.29, 1.82) is 5.26 Å². The predicted octanol–water partition coefficient (Wildman–Crippen LogP) is 3.90. The number of nitrogens with zero attached hydrogens (tertiary/aromatic N) is 2. The lowest BCUT2D eigenvalue weighted by molar-refractivity contribution is -0.158. The van der Waals surface area contributed by atoms with E-state index >= 15 is 0 Å². The van der Waals surface area contributed by atoms with Crippen molar-refractivity contribution < 1.29 is 23.8 Å². The number of hydrogen-bond donors (Lipinski definition) is 2. The Morgan fingerprint density at radius 1 is 1.24 bits per heavy atom. The molecule has 2 aromatic carbocycles. The average molecular weight is 395 g/mol. The van der Waals surface area contributed by atoms with Gasteiger partial charge < -0.3 is 19.6 Å². The van der Waals surface area contributed by atoms with E-state index in [-0.39, 0.29) is 17.1 Å². The number of aromatic nitrogens is 2. The number of carbonyl (C=O) groups excluding carboxylic acids is 1. The van der Waals surface area contributed by atoms with E-state index < -0.39 is 29.8 Å². The van der Waals surface area contributed by atoms with Gasteiger partial charge in [0.15, 0.2) is 17.2 Å². The van der Waals surface area contributed by atoms with E-state index in [4.69, 9.17) is 9.47 Å². The van der Waals surface area contributed by atoms with E-state index in [0.717, 1.165) is 0 Å². The van der Waals surface area contributed by atoms with Gasteiger partial charge in [0.05, 0.1) is 11.0 Å². The van der Waals surface area contributed by atoms with Crippen LogP contribution in [-0.2, 0) is 9.53 Å². The molecule has 1 heterocycles. The third-order valence-corrected chi connectivity index (χ3v) is 4.04. The molecule has 148 valence electrons. The van der Waals surface area contributed by atoms with Gasteiger partial charge in [-0.1, -0.05) is 12.1 Å². The highest BCUT2D eigenvalue weighted by Gasteiger charge is 2.32. The molecule has 0 aliphatic heterocycles. The Hall–Kier alpha value is -3.86. The first kappa shape index (κ1) is 19.9. The molecule has 2 N–H and O–H groups in total. The maximum Gasteiger partial charge on any atom is 0.350 e. The fraction of sp³-hybridized carbons (Fsp3) is 0.190. The number of esters is 1. The van der Waals surface area contributed by atoms with Gasteiger partial charge in [-0.2, -0.15) is 5.26 Å². The number of para-hydroxylation sites is 2. The summed E-state index contributed by atoms with van der Waals surface area (Å²) in [6.07, 6.45) is 0. The van der Waals surface area contributed by atoms with Gasteiger partial charge in [-0.05, 0) is 50.2 Å². The van der Waals surface area contributed by atoms with Crippen LogP contribution in [0.1, 0.15) is 19.7 Å². The molecule has 7 nitrogen and oxygen atoms in total. The smallest absolute Gasteiger partial charge is 0.350 e. The molecule has 3 rings (SSSR count). The van der Waals surface area contributed by atoms with Gasteiger partial charge in [0, 0.05) is 0 Å². The third-order valence-electron chi connectivity index (χ3n) is 4.04. The molecule has 0 fully saturated rings. The van der Waals surface area contributed by atoms with Crippen LogP contribution in [0.3, 0.4) is 0 Å². The Bertz CT molecular complexity index is 1080. The molecular formula is C21H18FN3O4. The second-order valence-electron chi connectivity index (χ2n) is 6.68. The number of H-pyrrole nitrogens is 1. The fourth-order valence-corrected chi connectivity index (χ4v) is 2.54. The van der Waals surface area contributed by atoms with Gasteiger partial charge in [0.2, 0.25) is 0 Å². The van der Waals surface area contributed by atoms with Crippen molar-refractivity contribution in [2.45, 2.75) is 19.4 Å². The molecular weight excluding hydrogens is 377 g/mol. The van der Waals surface area contributed by atoms with Crippen LogP contribution in [-0.4, -0.2) is 33.3 Å². The highest BCUT2D eigenvalue weighted by Crippen LogP contribution is 2.22. The Morgan fingerprint density at radius 3 is 2.59 bits per heavy atom. The first-order valence-corrected chi connectivity index (χ1v) is 8.69. The van der Waals surface area contributed by atoms with E-state index in [2.05, 4.69) is 9.97 Å². The molecule has 0 bridgehead atoms. The molecule has 0 atom stereocenters. The highest BCUT2D eigenvalue weighted by atomic mass is 19.1. The van der Waals surface area contributed by atoms with Gasteiger partial charge >= 0.3 is 5.97 Å². The topological polar surface area (TPSA) is 108 Å². The largest absolute Gasteiger partial charge is 0.507 e. The maximum absolute atomic E-state index is 13.0. The monoisotopic (exact) mass is 395 g/mol. The number of halogens is 1. The Morgan fingerprint density at radius 2 is 1.93 bits per heavy atom. The number of hydrogen-bond acceptors (Lipinski definition) is 6. The van der Waals surface area contributed by atoms with Gasteiger partial charge in [-0.25, -0.2) is 14.2 Å². The molecule has 0 amide bonds. The second-order valence-corrected chi connectivity index (χ2v) is 6.68. The first-order chi connectivity index (χ1) is 13.8. The summed E-state index contributed by atoms with van der Waals surface area (Å²) in [5.74, 6) is -1.19. The summed E-state index contributed by atoms with van der Waals surface area (Å²) in [6.45, 7) is 2.42. The zero-order valence-electron chi connectivity index (χ0n) is 15.8. The first-order valence-electron chi connectivity index (χ1n) is 8.69. The quantitative estimate of drug-likeness (QED) is 0.372. The van der Waals surface area contributed by atoms with E-state index in [0.29, 0.717) is 11.0 Å². The number of rotatable bonds is 6. The molecule has 0 unspecified atom stereocenters. The van der Waals surface area contributed by atoms with Crippen LogP contribution in [0.15, 0.2) is 54.3 Å². The SMILES string of the molecule is CC(C)(Oc1ccc(F)cc1)C(=O)OCC(O)=C(C#N)c1nc2ccccc2[nH]1. The maximum atomic E-state index is 13.0. The number of ether oxygens (including phenoxy) is 2. The van der Waals surface area contributed by atoms with Crippen LogP contribution in [0.5, 0.6) is 5.75 Å². The summed E-state index contributed by atoms with van der Waals surface area (Å²) in [5, 5.41) is 19.7. The summed E-state index contributed by atoms with van der Waals surface area (Å²) in [4.78, 5) is 19.6. The zero-order valence-corrected chi connectivity index (χ0v) is 15.8. The molecule has 0 saturated heterocycles. The van der Waals surface area contributed by atoms with E-state index in [9.17, 15) is 19.6 Å². The number of fused-ring (bicyclic) bond motifs is 1. The number of carbonyl (C=O) groups is 1. The minimum absolute atomic E-state index is 0.133. The Labute approximate surface area is 166 Å². The van der Waals surface area contributed by atoms with Crippen molar-refractivity contribution in [1.82, 2.24) is 9.97 Å². The molecule has 0 radical (unpaired) electrons. The van der Waals surface area contributed by atoms with E-state index in [1.54, 1.807) is 18.2 Å². The molecule has 8 heteroatoms. The van der Waals surface area contributed by atoms with Crippen LogP contribution in [0.4, 0.5) is 4.39 Å². The normalized spacial score (nSPS) is 12.2. The standard InChI is InChI=1S/C21H18FN3O4/c1-21(2,29-14-9-7-13(22)8-10-14)20(27)28-12-18(26)15(11-23)19-24-16-5-3-4-6-17(16)25-19/h3-10,26H,12H2,1-2H3,(H,24,25). The molecule has 0 aliphatic rings. The van der Waals surface area contributed by atoms with Crippen LogP contribution in [0, 0.1) is 17.1 Å². The van der Waals surface area contributed by atoms with Crippen molar-refractivity contribution in [3.63, 3.8) is 0 Å². The summed E-state index contributed by atoms with van der Waals surface area (Å²) in [6, 6.07) is 14.2. The number of allylic oxidation sites excluding steroid dienone is 1. The van der Waals surface area contributed by atoms with Crippen molar-refractivity contribution in [2.75, 3.05) is 6.61 Å². The number of nitrogens with one attached hydrogen (secondary N) is 1. The molecule has 0 aliphatic carbocycles. The van der Waals surface area contributed by atoms with Gasteiger partial charge in [-0.15, -0.1) is 0 Å². The van der Waals surface area contributed by atoms with E-state index in [1.165, 1.54) is 38.1 Å². The van der Waals surface area contributed by atoms with Crippen molar-refractivity contribution in [2.24, 2.45) is 0 Å². The van der Waals surface area contributed by atoms with Crippen molar-refractivity contribution in [3.8, 4) is 11.8 Å². The molecule has 3 aromatic rings. The minimum atomic E-state index is -1.40. The van der Waals surface area contributed by atoms with Crippen LogP contribution in [0.25, 0.3) is 16.6 Å². The molecule has 0 saturated carbocycles. The van der Waals surface area contributed by atoms with Crippen LogP contribution < -0.4 is 4.74 Å². The average Bonchev–Trinajstić information content (AvgIpc) is 3.11. The summed E-state index contributed by atoms with van der Waals surface area (Å²) in [7, 11) is 0. The summed E-state index contributed by atoms with van der Waals surface area (Å²) in [5.41, 5.74) is -0.196. The number of aliphatic hydroxyl groups excluding tert-OH is 1. The third kappa shape index (κ3) is 4.52. The van der Waals surface area contributed by atoms with Gasteiger partial charge in [0.25, 0.3) is 0 Å². The second kappa shape index (κ2) is 8.02. The van der Waals surface area contributed by atoms with Crippen LogP contribution in [0.2, 0.25) is 0 Å². The lowest BCUT2D eigenvalue weighted by Crippen LogP contribution is -2.40. The van der Waals surface area contributed by atoms with Gasteiger partial charge in [-0.3, -0.25) is 0 Å². The number of benzene rings is 2. The minimum Gasteiger partial charge on any atom is -0.507 e. The lowest BCUT2D eigenvalue weighted by Gasteiger charge is -2.24. The Kier molecular flexibility index (Phi) is 5.50. The number of aliphatic hydroxyl groups is 1. The van der Waals surface area contributed by atoms with Gasteiger partial charge in [0.1, 0.15) is 29.8 Å². The number of nitriles is 1. The molecule has 1 aromatic heterocycles. The fourth-order valence-electron chi connectivity index (χ4n) is 2.54. The lowest BCUT2D eigenvalue weighted by atomic mass is 10.1. The van der Waals surface area contributed by atoms with Crippen molar-refractivity contribution in [3.05, 3.63) is 65.9 Å². The van der Waals surface area contributed by atoms with Crippen molar-refractivity contribution >= 4 is 22.6 Å². The summed E-state index contributed by atoms with van der Waals surface area (Å²) < 4.78 is 23.6. The van der Waals surface area contributed by atoms with E-state index in [1.807, 2.05) is 12.1 Å².